The summed E-state index contributed by atoms with van der Waals surface area (Å²) in [5.41, 5.74) is 0.381. The van der Waals surface area contributed by atoms with Crippen molar-refractivity contribution in [3.05, 3.63) is 24.3 Å². The van der Waals surface area contributed by atoms with Crippen molar-refractivity contribution in [2.24, 2.45) is 34.5 Å². The number of rotatable bonds is 4. The normalized spacial score (nSPS) is 44.1. The van der Waals surface area contributed by atoms with Gasteiger partial charge in [0.15, 0.2) is 0 Å². The molecule has 2 saturated carbocycles. The van der Waals surface area contributed by atoms with Crippen LogP contribution in [0.4, 0.5) is 0 Å². The number of esters is 3. The summed E-state index contributed by atoms with van der Waals surface area (Å²) < 4.78 is 17.1. The summed E-state index contributed by atoms with van der Waals surface area (Å²) in [4.78, 5) is 36.2. The number of ether oxygens (including phenoxy) is 3. The molecule has 0 spiro atoms. The van der Waals surface area contributed by atoms with Crippen molar-refractivity contribution < 1.29 is 28.6 Å². The molecule has 0 N–H and O–H groups in total. The van der Waals surface area contributed by atoms with Crippen LogP contribution in [0.1, 0.15) is 53.4 Å². The number of allylic oxidation sites excluding steroid dienone is 2. The van der Waals surface area contributed by atoms with Crippen molar-refractivity contribution in [1.82, 2.24) is 0 Å². The van der Waals surface area contributed by atoms with Crippen LogP contribution >= 0.6 is 0 Å². The van der Waals surface area contributed by atoms with Gasteiger partial charge < -0.3 is 14.2 Å². The molecule has 1 aliphatic heterocycles. The fourth-order valence-electron chi connectivity index (χ4n) is 7.18. The maximum absolute atomic E-state index is 12.8. The molecule has 0 radical (unpaired) electrons. The molecular weight excluding hydrogens is 384 g/mol. The molecule has 164 valence electrons. The smallest absolute Gasteiger partial charge is 0.314 e. The van der Waals surface area contributed by atoms with Crippen molar-refractivity contribution in [3.8, 4) is 0 Å². The average molecular weight is 417 g/mol. The number of fused-ring (bicyclic) bond motifs is 2. The fourth-order valence-corrected chi connectivity index (χ4v) is 7.18. The van der Waals surface area contributed by atoms with Gasteiger partial charge in [-0.15, -0.1) is 0 Å². The summed E-state index contributed by atoms with van der Waals surface area (Å²) in [7, 11) is 0. The Morgan fingerprint density at radius 3 is 2.67 bits per heavy atom. The van der Waals surface area contributed by atoms with Gasteiger partial charge >= 0.3 is 17.9 Å². The standard InChI is InChI=1S/C24H32O6/c1-6-15-7-8-16-21-17(30-22(27)20(15)21)11-18-23(16,4)10-9-19(29-14(3)26)24(18,5)12-28-13(2)25/h6-7,16-21H,1,8-12H2,2-5H3/t16-,17-,18?,19-,20+,21-,23+,24-/m0/s1. The monoisotopic (exact) mass is 416 g/mol. The average Bonchev–Trinajstić information content (AvgIpc) is 3.02. The lowest BCUT2D eigenvalue weighted by Crippen LogP contribution is -2.62. The first-order valence-corrected chi connectivity index (χ1v) is 11.0. The van der Waals surface area contributed by atoms with E-state index in [2.05, 4.69) is 26.5 Å². The van der Waals surface area contributed by atoms with Crippen LogP contribution < -0.4 is 0 Å². The van der Waals surface area contributed by atoms with Gasteiger partial charge in [-0.2, -0.15) is 0 Å². The van der Waals surface area contributed by atoms with Crippen molar-refractivity contribution in [2.45, 2.75) is 65.6 Å². The summed E-state index contributed by atoms with van der Waals surface area (Å²) >= 11 is 0. The van der Waals surface area contributed by atoms with E-state index in [1.54, 1.807) is 6.08 Å². The van der Waals surface area contributed by atoms with Gasteiger partial charge in [0.25, 0.3) is 0 Å². The van der Waals surface area contributed by atoms with Gasteiger partial charge in [-0.05, 0) is 48.5 Å². The second-order valence-corrected chi connectivity index (χ2v) is 10.00. The lowest BCUT2D eigenvalue weighted by molar-refractivity contribution is -0.210. The molecule has 0 aromatic carbocycles. The summed E-state index contributed by atoms with van der Waals surface area (Å²) in [6.07, 6.45) is 6.64. The molecule has 8 atom stereocenters. The number of carbonyl (C=O) groups excluding carboxylic acids is 3. The van der Waals surface area contributed by atoms with E-state index in [4.69, 9.17) is 14.2 Å². The van der Waals surface area contributed by atoms with Crippen LogP contribution in [0.5, 0.6) is 0 Å². The van der Waals surface area contributed by atoms with Crippen LogP contribution in [0.25, 0.3) is 0 Å². The van der Waals surface area contributed by atoms with Crippen molar-refractivity contribution in [3.63, 3.8) is 0 Å². The van der Waals surface area contributed by atoms with Crippen LogP contribution in [0.2, 0.25) is 0 Å². The van der Waals surface area contributed by atoms with Crippen LogP contribution in [0, 0.1) is 34.5 Å². The Kier molecular flexibility index (Phi) is 5.10. The maximum Gasteiger partial charge on any atom is 0.314 e. The lowest BCUT2D eigenvalue weighted by atomic mass is 9.43. The molecule has 0 aromatic rings. The van der Waals surface area contributed by atoms with Crippen LogP contribution in [-0.2, 0) is 28.6 Å². The van der Waals surface area contributed by atoms with E-state index in [0.29, 0.717) is 6.42 Å². The molecule has 0 bridgehead atoms. The zero-order valence-corrected chi connectivity index (χ0v) is 18.3. The van der Waals surface area contributed by atoms with E-state index in [-0.39, 0.29) is 65.8 Å². The van der Waals surface area contributed by atoms with E-state index in [1.165, 1.54) is 13.8 Å². The lowest BCUT2D eigenvalue weighted by Gasteiger charge is -2.62. The number of carbonyl (C=O) groups is 3. The minimum atomic E-state index is -0.539. The molecule has 4 aliphatic rings. The second-order valence-electron chi connectivity index (χ2n) is 10.00. The Balaban J connectivity index is 1.75. The van der Waals surface area contributed by atoms with Gasteiger partial charge in [0.2, 0.25) is 0 Å². The van der Waals surface area contributed by atoms with E-state index >= 15 is 0 Å². The molecule has 30 heavy (non-hydrogen) atoms. The highest BCUT2D eigenvalue weighted by molar-refractivity contribution is 5.80. The minimum Gasteiger partial charge on any atom is -0.465 e. The molecule has 1 heterocycles. The number of hydrogen-bond donors (Lipinski definition) is 0. The Morgan fingerprint density at radius 1 is 1.30 bits per heavy atom. The van der Waals surface area contributed by atoms with Gasteiger partial charge in [0.1, 0.15) is 18.8 Å². The van der Waals surface area contributed by atoms with Gasteiger partial charge in [-0.1, -0.05) is 32.6 Å². The molecule has 3 aliphatic carbocycles. The molecule has 0 aromatic heterocycles. The molecule has 6 nitrogen and oxygen atoms in total. The third-order valence-electron chi connectivity index (χ3n) is 8.49. The summed E-state index contributed by atoms with van der Waals surface area (Å²) in [5, 5.41) is 0. The highest BCUT2D eigenvalue weighted by Gasteiger charge is 2.67. The van der Waals surface area contributed by atoms with Crippen LogP contribution in [0.15, 0.2) is 24.3 Å². The SMILES string of the molecule is C=CC1=CC[C@H]2[C@@H]3[C@@H]1C(=O)O[C@H]3CC1[C@](C)(COC(C)=O)[C@@H](OC(C)=O)CC[C@@]12C. The third kappa shape index (κ3) is 3.02. The predicted octanol–water partition coefficient (Wildman–Crippen LogP) is 3.60. The van der Waals surface area contributed by atoms with E-state index in [9.17, 15) is 14.4 Å². The highest BCUT2D eigenvalue weighted by Crippen LogP contribution is 2.66. The summed E-state index contributed by atoms with van der Waals surface area (Å²) in [6.45, 7) is 11.3. The first-order valence-electron chi connectivity index (χ1n) is 11.0. The molecule has 0 amide bonds. The predicted molar refractivity (Wildman–Crippen MR) is 109 cm³/mol. The molecule has 1 saturated heterocycles. The van der Waals surface area contributed by atoms with Crippen molar-refractivity contribution in [2.75, 3.05) is 6.61 Å². The highest BCUT2D eigenvalue weighted by atomic mass is 16.6. The Hall–Kier alpha value is -2.11. The van der Waals surface area contributed by atoms with Gasteiger partial charge in [0.05, 0.1) is 5.92 Å². The molecule has 6 heteroatoms. The Labute approximate surface area is 178 Å². The molecule has 1 unspecified atom stereocenters. The summed E-state index contributed by atoms with van der Waals surface area (Å²) in [5.74, 6) is -0.510. The van der Waals surface area contributed by atoms with Gasteiger partial charge in [0, 0.05) is 25.2 Å². The summed E-state index contributed by atoms with van der Waals surface area (Å²) in [6, 6.07) is 0. The third-order valence-corrected chi connectivity index (χ3v) is 8.49. The Morgan fingerprint density at radius 2 is 2.03 bits per heavy atom. The molecule has 3 fully saturated rings. The second kappa shape index (κ2) is 7.24. The van der Waals surface area contributed by atoms with Crippen molar-refractivity contribution in [1.29, 1.82) is 0 Å². The zero-order chi connectivity index (χ0) is 21.8. The largest absolute Gasteiger partial charge is 0.465 e. The Bertz CT molecular complexity index is 815. The topological polar surface area (TPSA) is 78.9 Å². The van der Waals surface area contributed by atoms with Gasteiger partial charge in [-0.25, -0.2) is 0 Å². The first-order chi connectivity index (χ1) is 14.1. The molecule has 4 rings (SSSR count). The van der Waals surface area contributed by atoms with Crippen LogP contribution in [-0.4, -0.2) is 36.7 Å². The van der Waals surface area contributed by atoms with E-state index in [0.717, 1.165) is 24.8 Å². The van der Waals surface area contributed by atoms with E-state index < -0.39 is 5.41 Å². The van der Waals surface area contributed by atoms with Crippen LogP contribution in [0.3, 0.4) is 0 Å². The number of hydrogen-bond acceptors (Lipinski definition) is 6. The quantitative estimate of drug-likeness (QED) is 0.515. The minimum absolute atomic E-state index is 0.0673. The zero-order valence-electron chi connectivity index (χ0n) is 18.3. The van der Waals surface area contributed by atoms with Crippen molar-refractivity contribution >= 4 is 17.9 Å². The fraction of sp³-hybridized carbons (Fsp3) is 0.708. The first kappa shape index (κ1) is 21.1. The molecular formula is C24H32O6. The van der Waals surface area contributed by atoms with E-state index in [1.807, 2.05) is 0 Å². The maximum atomic E-state index is 12.8. The van der Waals surface area contributed by atoms with Gasteiger partial charge in [-0.3, -0.25) is 14.4 Å².